The molecule has 2 heterocycles. The predicted molar refractivity (Wildman–Crippen MR) is 61.4 cm³/mol. The van der Waals surface area contributed by atoms with Crippen LogP contribution in [0.2, 0.25) is 0 Å². The lowest BCUT2D eigenvalue weighted by atomic mass is 10.2. The van der Waals surface area contributed by atoms with E-state index in [0.717, 1.165) is 23.1 Å². The fraction of sp³-hybridized carbons (Fsp3) is 0.182. The van der Waals surface area contributed by atoms with Crippen LogP contribution in [0, 0.1) is 0 Å². The van der Waals surface area contributed by atoms with Gasteiger partial charge in [-0.1, -0.05) is 10.9 Å². The summed E-state index contributed by atoms with van der Waals surface area (Å²) in [6.45, 7) is 0.769. The zero-order valence-corrected chi connectivity index (χ0v) is 9.32. The van der Waals surface area contributed by atoms with E-state index in [1.807, 2.05) is 29.0 Å². The van der Waals surface area contributed by atoms with Gasteiger partial charge < -0.3 is 9.40 Å². The maximum Gasteiger partial charge on any atom is 0.131 e. The fourth-order valence-corrected chi connectivity index (χ4v) is 1.77. The van der Waals surface area contributed by atoms with Crippen molar-refractivity contribution >= 4 is 11.0 Å². The van der Waals surface area contributed by atoms with Crippen LogP contribution < -0.4 is 4.84 Å². The van der Waals surface area contributed by atoms with Crippen molar-refractivity contribution in [3.63, 3.8) is 0 Å². The second-order valence-corrected chi connectivity index (χ2v) is 3.70. The number of fused-ring (bicyclic) bond motifs is 1. The van der Waals surface area contributed by atoms with E-state index >= 15 is 0 Å². The van der Waals surface area contributed by atoms with Crippen LogP contribution in [0.1, 0.15) is 5.56 Å². The first kappa shape index (κ1) is 9.83. The number of benzene rings is 1. The Balaban J connectivity index is 2.00. The number of rotatable bonds is 3. The molecule has 0 radical (unpaired) electrons. The molecule has 0 aliphatic heterocycles. The van der Waals surface area contributed by atoms with Crippen LogP contribution in [0.4, 0.5) is 0 Å². The maximum atomic E-state index is 5.08. The standard InChI is InChI=1S/C11H11N5O/c1-17-16-11-6-9(2-3-10(11)13-14-16)7-15-5-4-12-8-15/h2-6,8H,7H2,1H3. The van der Waals surface area contributed by atoms with Crippen LogP contribution in [0.5, 0.6) is 0 Å². The van der Waals surface area contributed by atoms with Crippen LogP contribution in [-0.2, 0) is 6.54 Å². The van der Waals surface area contributed by atoms with E-state index in [-0.39, 0.29) is 0 Å². The highest BCUT2D eigenvalue weighted by Crippen LogP contribution is 2.13. The second-order valence-electron chi connectivity index (χ2n) is 3.70. The molecule has 6 heteroatoms. The minimum Gasteiger partial charge on any atom is -0.398 e. The molecule has 0 N–H and O–H groups in total. The Labute approximate surface area is 97.4 Å². The summed E-state index contributed by atoms with van der Waals surface area (Å²) in [6, 6.07) is 5.97. The van der Waals surface area contributed by atoms with Gasteiger partial charge in [0.25, 0.3) is 0 Å². The maximum absolute atomic E-state index is 5.08. The molecule has 0 aliphatic rings. The van der Waals surface area contributed by atoms with Crippen LogP contribution in [0.25, 0.3) is 11.0 Å². The third-order valence-electron chi connectivity index (χ3n) is 2.58. The van der Waals surface area contributed by atoms with Gasteiger partial charge in [0.2, 0.25) is 0 Å². The Hall–Kier alpha value is -2.37. The van der Waals surface area contributed by atoms with Gasteiger partial charge >= 0.3 is 0 Å². The molecule has 3 aromatic rings. The van der Waals surface area contributed by atoms with Gasteiger partial charge in [-0.05, 0) is 22.9 Å². The minimum absolute atomic E-state index is 0.769. The second kappa shape index (κ2) is 3.89. The molecule has 2 aromatic heterocycles. The van der Waals surface area contributed by atoms with Crippen molar-refractivity contribution in [2.75, 3.05) is 7.11 Å². The normalized spacial score (nSPS) is 10.9. The highest BCUT2D eigenvalue weighted by molar-refractivity contribution is 5.74. The van der Waals surface area contributed by atoms with Crippen LogP contribution in [0.3, 0.4) is 0 Å². The van der Waals surface area contributed by atoms with E-state index in [1.165, 1.54) is 4.85 Å². The Morgan fingerprint density at radius 2 is 2.29 bits per heavy atom. The molecular formula is C11H11N5O. The van der Waals surface area contributed by atoms with Crippen LogP contribution in [-0.4, -0.2) is 31.8 Å². The predicted octanol–water partition coefficient (Wildman–Crippen LogP) is 0.734. The topological polar surface area (TPSA) is 57.8 Å². The largest absolute Gasteiger partial charge is 0.398 e. The van der Waals surface area contributed by atoms with E-state index in [9.17, 15) is 0 Å². The van der Waals surface area contributed by atoms with Gasteiger partial charge in [0.1, 0.15) is 18.1 Å². The lowest BCUT2D eigenvalue weighted by Crippen LogP contribution is -2.07. The Kier molecular flexibility index (Phi) is 2.25. The lowest BCUT2D eigenvalue weighted by Gasteiger charge is -2.03. The molecule has 0 amide bonds. The highest BCUT2D eigenvalue weighted by atomic mass is 16.7. The summed E-state index contributed by atoms with van der Waals surface area (Å²) in [5.74, 6) is 0. The molecular weight excluding hydrogens is 218 g/mol. The molecule has 17 heavy (non-hydrogen) atoms. The molecule has 0 saturated carbocycles. The van der Waals surface area contributed by atoms with E-state index in [0.29, 0.717) is 0 Å². The molecule has 0 fully saturated rings. The molecule has 6 nitrogen and oxygen atoms in total. The molecule has 0 atom stereocenters. The van der Waals surface area contributed by atoms with Crippen molar-refractivity contribution in [1.82, 2.24) is 24.7 Å². The quantitative estimate of drug-likeness (QED) is 0.664. The summed E-state index contributed by atoms with van der Waals surface area (Å²) < 4.78 is 2.00. The molecule has 0 bridgehead atoms. The highest BCUT2D eigenvalue weighted by Gasteiger charge is 2.05. The number of imidazole rings is 1. The smallest absolute Gasteiger partial charge is 0.131 e. The molecule has 0 unspecified atom stereocenters. The van der Waals surface area contributed by atoms with Gasteiger partial charge in [-0.3, -0.25) is 0 Å². The number of hydrogen-bond donors (Lipinski definition) is 0. The van der Waals surface area contributed by atoms with Gasteiger partial charge in [0.15, 0.2) is 0 Å². The van der Waals surface area contributed by atoms with Crippen LogP contribution >= 0.6 is 0 Å². The summed E-state index contributed by atoms with van der Waals surface area (Å²) in [7, 11) is 1.57. The van der Waals surface area contributed by atoms with Gasteiger partial charge in [-0.25, -0.2) is 4.98 Å². The first-order valence-corrected chi connectivity index (χ1v) is 5.21. The van der Waals surface area contributed by atoms with E-state index in [2.05, 4.69) is 15.3 Å². The molecule has 0 aliphatic carbocycles. The molecule has 86 valence electrons. The summed E-state index contributed by atoms with van der Waals surface area (Å²) >= 11 is 0. The molecule has 0 spiro atoms. The lowest BCUT2D eigenvalue weighted by molar-refractivity contribution is 0.139. The van der Waals surface area contributed by atoms with Crippen molar-refractivity contribution in [2.24, 2.45) is 0 Å². The van der Waals surface area contributed by atoms with Gasteiger partial charge in [0, 0.05) is 18.9 Å². The van der Waals surface area contributed by atoms with Gasteiger partial charge in [-0.2, -0.15) is 0 Å². The summed E-state index contributed by atoms with van der Waals surface area (Å²) in [6.07, 6.45) is 5.48. The minimum atomic E-state index is 0.769. The molecule has 0 saturated heterocycles. The van der Waals surface area contributed by atoms with Gasteiger partial charge in [0.05, 0.1) is 6.33 Å². The van der Waals surface area contributed by atoms with E-state index < -0.39 is 0 Å². The Bertz CT molecular complexity index is 628. The number of hydrogen-bond acceptors (Lipinski definition) is 4. The Morgan fingerprint density at radius 3 is 3.06 bits per heavy atom. The molecule has 1 aromatic carbocycles. The van der Waals surface area contributed by atoms with Gasteiger partial charge in [-0.15, -0.1) is 5.10 Å². The summed E-state index contributed by atoms with van der Waals surface area (Å²) in [5.41, 5.74) is 2.84. The zero-order valence-electron chi connectivity index (χ0n) is 9.32. The van der Waals surface area contributed by atoms with Crippen LogP contribution in [0.15, 0.2) is 36.9 Å². The first-order valence-electron chi connectivity index (χ1n) is 5.21. The Morgan fingerprint density at radius 1 is 1.35 bits per heavy atom. The van der Waals surface area contributed by atoms with Crippen molar-refractivity contribution in [2.45, 2.75) is 6.54 Å². The van der Waals surface area contributed by atoms with E-state index in [1.54, 1.807) is 19.6 Å². The average molecular weight is 229 g/mol. The third kappa shape index (κ3) is 1.73. The fourth-order valence-electron chi connectivity index (χ4n) is 1.77. The number of aromatic nitrogens is 5. The monoisotopic (exact) mass is 229 g/mol. The van der Waals surface area contributed by atoms with Crippen molar-refractivity contribution in [1.29, 1.82) is 0 Å². The van der Waals surface area contributed by atoms with E-state index in [4.69, 9.17) is 4.84 Å². The van der Waals surface area contributed by atoms with Crippen molar-refractivity contribution in [3.8, 4) is 0 Å². The van der Waals surface area contributed by atoms with Crippen molar-refractivity contribution in [3.05, 3.63) is 42.5 Å². The summed E-state index contributed by atoms with van der Waals surface area (Å²) in [5, 5.41) is 7.87. The van der Waals surface area contributed by atoms with Crippen molar-refractivity contribution < 1.29 is 4.84 Å². The number of nitrogens with zero attached hydrogens (tertiary/aromatic N) is 5. The SMILES string of the molecule is COn1nnc2ccc(Cn3ccnc3)cc21. The average Bonchev–Trinajstić information content (AvgIpc) is 2.97. The molecule has 3 rings (SSSR count). The summed E-state index contributed by atoms with van der Waals surface area (Å²) in [4.78, 5) is 10.5. The third-order valence-corrected chi connectivity index (χ3v) is 2.58. The first-order chi connectivity index (χ1) is 8.36. The zero-order chi connectivity index (χ0) is 11.7.